The minimum atomic E-state index is -0.804. The normalized spacial score (nSPS) is 44.0. The molecule has 1 aliphatic carbocycles. The van der Waals surface area contributed by atoms with E-state index in [1.165, 1.54) is 0 Å². The van der Waals surface area contributed by atoms with Gasteiger partial charge in [0, 0.05) is 6.42 Å². The molecule has 0 bridgehead atoms. The molecule has 0 aliphatic heterocycles. The van der Waals surface area contributed by atoms with E-state index >= 15 is 0 Å². The van der Waals surface area contributed by atoms with E-state index in [4.69, 9.17) is 10.2 Å². The lowest BCUT2D eigenvalue weighted by Gasteiger charge is -2.00. The maximum absolute atomic E-state index is 9.08. The van der Waals surface area contributed by atoms with Gasteiger partial charge >= 0.3 is 0 Å². The lowest BCUT2D eigenvalue weighted by atomic mass is 10.2. The number of rotatable bonds is 2. The summed E-state index contributed by atoms with van der Waals surface area (Å²) in [6.45, 7) is 3.45. The summed E-state index contributed by atoms with van der Waals surface area (Å²) in [7, 11) is 0. The zero-order valence-electron chi connectivity index (χ0n) is 4.67. The maximum atomic E-state index is 9.08. The first-order valence-electron chi connectivity index (χ1n) is 2.70. The molecule has 1 fully saturated rings. The van der Waals surface area contributed by atoms with Crippen LogP contribution in [0.1, 0.15) is 12.8 Å². The fourth-order valence-electron chi connectivity index (χ4n) is 0.745. The van der Waals surface area contributed by atoms with Crippen LogP contribution in [-0.4, -0.2) is 21.9 Å². The lowest BCUT2D eigenvalue weighted by Crippen LogP contribution is -2.11. The van der Waals surface area contributed by atoms with Crippen LogP contribution in [0.5, 0.6) is 0 Å². The molecule has 8 heavy (non-hydrogen) atoms. The van der Waals surface area contributed by atoms with E-state index in [-0.39, 0.29) is 0 Å². The van der Waals surface area contributed by atoms with E-state index in [9.17, 15) is 0 Å². The molecule has 0 aromatic carbocycles. The summed E-state index contributed by atoms with van der Waals surface area (Å²) >= 11 is 0. The molecule has 2 unspecified atom stereocenters. The Morgan fingerprint density at radius 3 is 2.50 bits per heavy atom. The molecule has 0 aromatic heterocycles. The Morgan fingerprint density at radius 2 is 2.38 bits per heavy atom. The van der Waals surface area contributed by atoms with Crippen LogP contribution < -0.4 is 0 Å². The second kappa shape index (κ2) is 1.57. The third-order valence-electron chi connectivity index (χ3n) is 1.50. The molecule has 2 atom stereocenters. The van der Waals surface area contributed by atoms with Crippen molar-refractivity contribution in [2.45, 2.75) is 24.5 Å². The van der Waals surface area contributed by atoms with E-state index < -0.39 is 11.7 Å². The van der Waals surface area contributed by atoms with E-state index in [2.05, 4.69) is 6.58 Å². The van der Waals surface area contributed by atoms with Crippen LogP contribution in [0.15, 0.2) is 12.7 Å². The summed E-state index contributed by atoms with van der Waals surface area (Å²) in [5.74, 6) is 0. The quantitative estimate of drug-likeness (QED) is 0.498. The highest BCUT2D eigenvalue weighted by molar-refractivity contribution is 5.07. The Kier molecular flexibility index (Phi) is 1.14. The first kappa shape index (κ1) is 5.79. The lowest BCUT2D eigenvalue weighted by molar-refractivity contribution is 0.0888. The third kappa shape index (κ3) is 0.767. The monoisotopic (exact) mass is 114 g/mol. The summed E-state index contributed by atoms with van der Waals surface area (Å²) in [6.07, 6.45) is 2.14. The zero-order chi connectivity index (χ0) is 6.20. The highest BCUT2D eigenvalue weighted by atomic mass is 16.4. The van der Waals surface area contributed by atoms with Gasteiger partial charge in [0.1, 0.15) is 0 Å². The minimum absolute atomic E-state index is 0.500. The summed E-state index contributed by atoms with van der Waals surface area (Å²) in [5.41, 5.74) is -0.804. The second-order valence-electron chi connectivity index (χ2n) is 2.32. The largest absolute Gasteiger partial charge is 0.390 e. The summed E-state index contributed by atoms with van der Waals surface area (Å²) < 4.78 is 0. The first-order valence-corrected chi connectivity index (χ1v) is 2.70. The zero-order valence-corrected chi connectivity index (χ0v) is 4.67. The highest BCUT2D eigenvalue weighted by Gasteiger charge is 2.50. The summed E-state index contributed by atoms with van der Waals surface area (Å²) in [4.78, 5) is 0. The Morgan fingerprint density at radius 1 is 1.88 bits per heavy atom. The molecule has 0 radical (unpaired) electrons. The molecule has 2 heteroatoms. The van der Waals surface area contributed by atoms with Crippen molar-refractivity contribution >= 4 is 0 Å². The average molecular weight is 114 g/mol. The molecule has 1 saturated carbocycles. The molecule has 46 valence electrons. The predicted molar refractivity (Wildman–Crippen MR) is 30.4 cm³/mol. The molecule has 1 rings (SSSR count). The predicted octanol–water partition coefficient (Wildman–Crippen LogP) is 0.0582. The van der Waals surface area contributed by atoms with Crippen molar-refractivity contribution in [1.29, 1.82) is 0 Å². The van der Waals surface area contributed by atoms with Crippen LogP contribution in [0.3, 0.4) is 0 Å². The first-order chi connectivity index (χ1) is 3.69. The van der Waals surface area contributed by atoms with Crippen molar-refractivity contribution in [2.75, 3.05) is 0 Å². The summed E-state index contributed by atoms with van der Waals surface area (Å²) in [6, 6.07) is 0. The third-order valence-corrected chi connectivity index (χ3v) is 1.50. The van der Waals surface area contributed by atoms with Gasteiger partial charge in [-0.15, -0.1) is 6.58 Å². The average Bonchev–Trinajstić information content (AvgIpc) is 2.16. The van der Waals surface area contributed by atoms with Gasteiger partial charge in [-0.25, -0.2) is 0 Å². The van der Waals surface area contributed by atoms with Gasteiger partial charge in [0.25, 0.3) is 0 Å². The van der Waals surface area contributed by atoms with Gasteiger partial charge in [-0.2, -0.15) is 0 Å². The Balaban J connectivity index is 2.35. The molecular weight excluding hydrogens is 104 g/mol. The standard InChI is InChI=1S/C6H10O2/c1-2-3-6(8)4-5(6)7/h2,5,7-8H,1,3-4H2. The number of aliphatic hydroxyl groups is 2. The van der Waals surface area contributed by atoms with Crippen LogP contribution >= 0.6 is 0 Å². The molecule has 0 heterocycles. The molecule has 0 spiro atoms. The molecule has 2 N–H and O–H groups in total. The van der Waals surface area contributed by atoms with Crippen molar-refractivity contribution in [2.24, 2.45) is 0 Å². The number of hydrogen-bond acceptors (Lipinski definition) is 2. The summed E-state index contributed by atoms with van der Waals surface area (Å²) in [5, 5.41) is 17.8. The van der Waals surface area contributed by atoms with Crippen LogP contribution in [0.2, 0.25) is 0 Å². The van der Waals surface area contributed by atoms with Crippen molar-refractivity contribution in [1.82, 2.24) is 0 Å². The fourth-order valence-corrected chi connectivity index (χ4v) is 0.745. The van der Waals surface area contributed by atoms with Crippen molar-refractivity contribution in [3.8, 4) is 0 Å². The molecule has 0 aromatic rings. The van der Waals surface area contributed by atoms with Crippen LogP contribution in [0.25, 0.3) is 0 Å². The molecule has 0 saturated heterocycles. The Hall–Kier alpha value is -0.340. The van der Waals surface area contributed by atoms with E-state index in [0.717, 1.165) is 0 Å². The maximum Gasteiger partial charge on any atom is 0.0966 e. The fraction of sp³-hybridized carbons (Fsp3) is 0.667. The highest BCUT2D eigenvalue weighted by Crippen LogP contribution is 2.38. The Bertz CT molecular complexity index is 111. The van der Waals surface area contributed by atoms with Gasteiger partial charge in [-0.05, 0) is 6.42 Å². The van der Waals surface area contributed by atoms with E-state index in [1.807, 2.05) is 0 Å². The van der Waals surface area contributed by atoms with Crippen LogP contribution in [-0.2, 0) is 0 Å². The van der Waals surface area contributed by atoms with Crippen molar-refractivity contribution in [3.63, 3.8) is 0 Å². The molecule has 0 amide bonds. The van der Waals surface area contributed by atoms with Gasteiger partial charge in [0.05, 0.1) is 11.7 Å². The van der Waals surface area contributed by atoms with Gasteiger partial charge < -0.3 is 10.2 Å². The van der Waals surface area contributed by atoms with Crippen molar-refractivity contribution < 1.29 is 10.2 Å². The Labute approximate surface area is 48.5 Å². The molecule has 1 aliphatic rings. The SMILES string of the molecule is C=CCC1(O)CC1O. The molecule has 2 nitrogen and oxygen atoms in total. The van der Waals surface area contributed by atoms with Gasteiger partial charge in [-0.3, -0.25) is 0 Å². The van der Waals surface area contributed by atoms with Crippen molar-refractivity contribution in [3.05, 3.63) is 12.7 Å². The van der Waals surface area contributed by atoms with Crippen LogP contribution in [0.4, 0.5) is 0 Å². The van der Waals surface area contributed by atoms with E-state index in [0.29, 0.717) is 12.8 Å². The smallest absolute Gasteiger partial charge is 0.0966 e. The van der Waals surface area contributed by atoms with Crippen LogP contribution in [0, 0.1) is 0 Å². The van der Waals surface area contributed by atoms with E-state index in [1.54, 1.807) is 6.08 Å². The molecular formula is C6H10O2. The number of hydrogen-bond donors (Lipinski definition) is 2. The minimum Gasteiger partial charge on any atom is -0.390 e. The topological polar surface area (TPSA) is 40.5 Å². The second-order valence-corrected chi connectivity index (χ2v) is 2.32. The van der Waals surface area contributed by atoms with Gasteiger partial charge in [-0.1, -0.05) is 6.08 Å². The van der Waals surface area contributed by atoms with Gasteiger partial charge in [0.2, 0.25) is 0 Å². The number of aliphatic hydroxyl groups excluding tert-OH is 1. The van der Waals surface area contributed by atoms with Gasteiger partial charge in [0.15, 0.2) is 0 Å².